The van der Waals surface area contributed by atoms with Gasteiger partial charge >= 0.3 is 0 Å². The topological polar surface area (TPSA) is 52.1 Å². The van der Waals surface area contributed by atoms with Crippen molar-refractivity contribution < 1.29 is 9.53 Å². The quantitative estimate of drug-likeness (QED) is 0.753. The highest BCUT2D eigenvalue weighted by Gasteiger charge is 2.01. The van der Waals surface area contributed by atoms with Crippen LogP contribution in [-0.2, 0) is 6.61 Å². The van der Waals surface area contributed by atoms with Crippen LogP contribution in [0.1, 0.15) is 23.0 Å². The Hall–Kier alpha value is -2.23. The van der Waals surface area contributed by atoms with E-state index in [9.17, 15) is 4.79 Å². The monoisotopic (exact) mass is 228 g/mol. The number of carbonyl (C=O) groups excluding carboxylic acids is 1. The molecule has 1 aromatic heterocycles. The molecular formula is C13H12N2O2. The molecule has 0 atom stereocenters. The van der Waals surface area contributed by atoms with Crippen molar-refractivity contribution in [1.82, 2.24) is 9.97 Å². The highest BCUT2D eigenvalue weighted by molar-refractivity contribution is 5.94. The van der Waals surface area contributed by atoms with Gasteiger partial charge in [-0.2, -0.15) is 0 Å². The second-order valence-corrected chi connectivity index (χ2v) is 3.57. The van der Waals surface area contributed by atoms with Crippen LogP contribution in [0.25, 0.3) is 0 Å². The number of benzene rings is 1. The molecule has 86 valence electrons. The smallest absolute Gasteiger partial charge is 0.159 e. The van der Waals surface area contributed by atoms with Crippen molar-refractivity contribution in [2.24, 2.45) is 0 Å². The number of ether oxygens (including phenoxy) is 1. The molecule has 0 radical (unpaired) electrons. The molecule has 1 aromatic carbocycles. The second kappa shape index (κ2) is 5.21. The van der Waals surface area contributed by atoms with Gasteiger partial charge in [-0.25, -0.2) is 0 Å². The molecular weight excluding hydrogens is 216 g/mol. The minimum Gasteiger partial charge on any atom is -0.487 e. The van der Waals surface area contributed by atoms with E-state index >= 15 is 0 Å². The molecule has 4 nitrogen and oxygen atoms in total. The maximum Gasteiger partial charge on any atom is 0.159 e. The first-order valence-corrected chi connectivity index (χ1v) is 5.24. The lowest BCUT2D eigenvalue weighted by Crippen LogP contribution is -1.99. The molecule has 0 amide bonds. The second-order valence-electron chi connectivity index (χ2n) is 3.57. The fourth-order valence-corrected chi connectivity index (χ4v) is 1.37. The van der Waals surface area contributed by atoms with Crippen LogP contribution < -0.4 is 4.74 Å². The first-order valence-electron chi connectivity index (χ1n) is 5.24. The van der Waals surface area contributed by atoms with Gasteiger partial charge in [-0.05, 0) is 19.1 Å². The number of hydrogen-bond acceptors (Lipinski definition) is 4. The molecule has 0 fully saturated rings. The number of hydrogen-bond donors (Lipinski definition) is 0. The third kappa shape index (κ3) is 3.11. The normalized spacial score (nSPS) is 9.94. The van der Waals surface area contributed by atoms with Crippen molar-refractivity contribution in [1.29, 1.82) is 0 Å². The van der Waals surface area contributed by atoms with E-state index in [1.165, 1.54) is 6.92 Å². The van der Waals surface area contributed by atoms with Gasteiger partial charge in [0.15, 0.2) is 5.78 Å². The van der Waals surface area contributed by atoms with Crippen LogP contribution in [0.4, 0.5) is 0 Å². The largest absolute Gasteiger partial charge is 0.487 e. The van der Waals surface area contributed by atoms with Gasteiger partial charge in [-0.15, -0.1) is 0 Å². The molecule has 0 bridgehead atoms. The number of Topliss-reactive ketones (excluding diaryl/α,β-unsaturated/α-hetero) is 1. The number of ketones is 1. The Labute approximate surface area is 99.3 Å². The lowest BCUT2D eigenvalue weighted by molar-refractivity contribution is 0.101. The molecule has 0 N–H and O–H groups in total. The summed E-state index contributed by atoms with van der Waals surface area (Å²) in [5.74, 6) is 0.679. The summed E-state index contributed by atoms with van der Waals surface area (Å²) in [4.78, 5) is 19.2. The van der Waals surface area contributed by atoms with Crippen LogP contribution in [0.15, 0.2) is 42.9 Å². The minimum atomic E-state index is 0.0231. The minimum absolute atomic E-state index is 0.0231. The highest BCUT2D eigenvalue weighted by atomic mass is 16.5. The van der Waals surface area contributed by atoms with Gasteiger partial charge in [0.2, 0.25) is 0 Å². The van der Waals surface area contributed by atoms with Crippen molar-refractivity contribution in [2.75, 3.05) is 0 Å². The summed E-state index contributed by atoms with van der Waals surface area (Å²) in [6.07, 6.45) is 4.87. The maximum atomic E-state index is 11.2. The van der Waals surface area contributed by atoms with Crippen molar-refractivity contribution >= 4 is 5.78 Å². The number of carbonyl (C=O) groups is 1. The fraction of sp³-hybridized carbons (Fsp3) is 0.154. The van der Waals surface area contributed by atoms with Gasteiger partial charge in [0.05, 0.1) is 11.9 Å². The van der Waals surface area contributed by atoms with E-state index in [4.69, 9.17) is 4.74 Å². The average molecular weight is 228 g/mol. The van der Waals surface area contributed by atoms with Gasteiger partial charge in [0.1, 0.15) is 12.4 Å². The SMILES string of the molecule is CC(=O)c1cccc(OCc2cnccn2)c1. The van der Waals surface area contributed by atoms with Crippen LogP contribution in [0.3, 0.4) is 0 Å². The zero-order valence-corrected chi connectivity index (χ0v) is 9.46. The molecule has 17 heavy (non-hydrogen) atoms. The Morgan fingerprint density at radius 1 is 1.35 bits per heavy atom. The molecule has 0 aliphatic rings. The molecule has 0 spiro atoms. The van der Waals surface area contributed by atoms with E-state index in [0.29, 0.717) is 17.9 Å². The molecule has 2 rings (SSSR count). The van der Waals surface area contributed by atoms with Crippen LogP contribution >= 0.6 is 0 Å². The fourth-order valence-electron chi connectivity index (χ4n) is 1.37. The Bertz CT molecular complexity index is 512. The molecule has 0 unspecified atom stereocenters. The first-order chi connectivity index (χ1) is 8.25. The Kier molecular flexibility index (Phi) is 3.45. The summed E-state index contributed by atoms with van der Waals surface area (Å²) in [5.41, 5.74) is 1.39. The lowest BCUT2D eigenvalue weighted by Gasteiger charge is -2.06. The van der Waals surface area contributed by atoms with Crippen molar-refractivity contribution in [3.05, 3.63) is 54.1 Å². The maximum absolute atomic E-state index is 11.2. The summed E-state index contributed by atoms with van der Waals surface area (Å²) in [6, 6.07) is 7.09. The number of aromatic nitrogens is 2. The average Bonchev–Trinajstić information content (AvgIpc) is 2.38. The molecule has 0 saturated carbocycles. The molecule has 2 aromatic rings. The van der Waals surface area contributed by atoms with E-state index in [0.717, 1.165) is 5.69 Å². The van der Waals surface area contributed by atoms with E-state index < -0.39 is 0 Å². The van der Waals surface area contributed by atoms with E-state index in [1.807, 2.05) is 6.07 Å². The standard InChI is InChI=1S/C13H12N2O2/c1-10(16)11-3-2-4-13(7-11)17-9-12-8-14-5-6-15-12/h2-8H,9H2,1H3. The van der Waals surface area contributed by atoms with Crippen molar-refractivity contribution in [3.8, 4) is 5.75 Å². The highest BCUT2D eigenvalue weighted by Crippen LogP contribution is 2.14. The third-order valence-electron chi connectivity index (χ3n) is 2.24. The van der Waals surface area contributed by atoms with E-state index in [-0.39, 0.29) is 5.78 Å². The Morgan fingerprint density at radius 3 is 2.94 bits per heavy atom. The predicted molar refractivity (Wildman–Crippen MR) is 62.8 cm³/mol. The summed E-state index contributed by atoms with van der Waals surface area (Å²) in [7, 11) is 0. The van der Waals surface area contributed by atoms with Crippen LogP contribution in [0.2, 0.25) is 0 Å². The zero-order chi connectivity index (χ0) is 12.1. The van der Waals surface area contributed by atoms with Gasteiger partial charge in [-0.1, -0.05) is 12.1 Å². The van der Waals surface area contributed by atoms with Crippen molar-refractivity contribution in [3.63, 3.8) is 0 Å². The molecule has 4 heteroatoms. The summed E-state index contributed by atoms with van der Waals surface area (Å²) in [5, 5.41) is 0. The molecule has 0 aliphatic heterocycles. The number of rotatable bonds is 4. The lowest BCUT2D eigenvalue weighted by atomic mass is 10.1. The summed E-state index contributed by atoms with van der Waals surface area (Å²) < 4.78 is 5.53. The Morgan fingerprint density at radius 2 is 2.24 bits per heavy atom. The van der Waals surface area contributed by atoms with Crippen molar-refractivity contribution in [2.45, 2.75) is 13.5 Å². The predicted octanol–water partition coefficient (Wildman–Crippen LogP) is 2.26. The van der Waals surface area contributed by atoms with E-state index in [2.05, 4.69) is 9.97 Å². The number of nitrogens with zero attached hydrogens (tertiary/aromatic N) is 2. The van der Waals surface area contributed by atoms with Gasteiger partial charge in [0, 0.05) is 18.0 Å². The summed E-state index contributed by atoms with van der Waals surface area (Å²) in [6.45, 7) is 1.87. The van der Waals surface area contributed by atoms with Gasteiger partial charge < -0.3 is 4.74 Å². The van der Waals surface area contributed by atoms with Gasteiger partial charge in [-0.3, -0.25) is 14.8 Å². The first kappa shape index (κ1) is 11.3. The zero-order valence-electron chi connectivity index (χ0n) is 9.46. The van der Waals surface area contributed by atoms with E-state index in [1.54, 1.807) is 36.8 Å². The molecule has 1 heterocycles. The van der Waals surface area contributed by atoms with Crippen LogP contribution in [0.5, 0.6) is 5.75 Å². The van der Waals surface area contributed by atoms with Crippen LogP contribution in [-0.4, -0.2) is 15.8 Å². The molecule has 0 aliphatic carbocycles. The van der Waals surface area contributed by atoms with Gasteiger partial charge in [0.25, 0.3) is 0 Å². The third-order valence-corrected chi connectivity index (χ3v) is 2.24. The van der Waals surface area contributed by atoms with Crippen LogP contribution in [0, 0.1) is 0 Å². The Balaban J connectivity index is 2.04. The molecule has 0 saturated heterocycles. The summed E-state index contributed by atoms with van der Waals surface area (Å²) >= 11 is 0.